The third kappa shape index (κ3) is 9.19. The molecule has 1 heteroatoms. The fourth-order valence-corrected chi connectivity index (χ4v) is 2.70. The summed E-state index contributed by atoms with van der Waals surface area (Å²) >= 11 is 0. The van der Waals surface area contributed by atoms with E-state index in [4.69, 9.17) is 6.42 Å². The highest BCUT2D eigenvalue weighted by atomic mass is 14.8. The van der Waals surface area contributed by atoms with Crippen molar-refractivity contribution in [3.63, 3.8) is 0 Å². The molecular weight excluding hydrogens is 254 g/mol. The lowest BCUT2D eigenvalue weighted by molar-refractivity contribution is 0.556. The van der Waals surface area contributed by atoms with Gasteiger partial charge in [0.1, 0.15) is 0 Å². The Bertz CT molecular complexity index is 403. The normalized spacial score (nSPS) is 10.3. The third-order valence-corrected chi connectivity index (χ3v) is 3.96. The minimum absolute atomic E-state index is 1.03. The molecule has 0 amide bonds. The summed E-state index contributed by atoms with van der Waals surface area (Å²) in [5.41, 5.74) is 2.41. The van der Waals surface area contributed by atoms with E-state index < -0.39 is 0 Å². The molecule has 0 aliphatic carbocycles. The Morgan fingerprint density at radius 3 is 2.14 bits per heavy atom. The van der Waals surface area contributed by atoms with Gasteiger partial charge in [0, 0.05) is 11.7 Å². The number of anilines is 1. The summed E-state index contributed by atoms with van der Waals surface area (Å²) in [6, 6.07) is 10.9. The fourth-order valence-electron chi connectivity index (χ4n) is 2.70. The van der Waals surface area contributed by atoms with Crippen molar-refractivity contribution < 1.29 is 0 Å². The number of hydrogen-bond acceptors (Lipinski definition) is 1. The Hall–Kier alpha value is -1.42. The van der Waals surface area contributed by atoms with Gasteiger partial charge in [-0.15, -0.1) is 0 Å². The van der Waals surface area contributed by atoms with Crippen LogP contribution in [0.4, 0.5) is 5.69 Å². The molecule has 0 bridgehead atoms. The van der Waals surface area contributed by atoms with Crippen LogP contribution in [-0.4, -0.2) is 0 Å². The highest BCUT2D eigenvalue weighted by Crippen LogP contribution is 2.15. The quantitative estimate of drug-likeness (QED) is 0.276. The van der Waals surface area contributed by atoms with Gasteiger partial charge in [-0.3, -0.25) is 0 Å². The molecule has 0 saturated heterocycles. The van der Waals surface area contributed by atoms with Gasteiger partial charge >= 0.3 is 0 Å². The van der Waals surface area contributed by atoms with Crippen molar-refractivity contribution in [1.29, 1.82) is 0 Å². The van der Waals surface area contributed by atoms with E-state index in [9.17, 15) is 0 Å². The second-order valence-corrected chi connectivity index (χ2v) is 5.90. The Morgan fingerprint density at radius 2 is 1.52 bits per heavy atom. The Kier molecular flexibility index (Phi) is 10.4. The van der Waals surface area contributed by atoms with Gasteiger partial charge in [0.05, 0.1) is 0 Å². The lowest BCUT2D eigenvalue weighted by atomic mass is 10.0. The molecule has 1 N–H and O–H groups in total. The lowest BCUT2D eigenvalue weighted by Gasteiger charge is -2.05. The van der Waals surface area contributed by atoms with Crippen LogP contribution in [0.1, 0.15) is 76.7 Å². The largest absolute Gasteiger partial charge is 0.315 e. The van der Waals surface area contributed by atoms with E-state index in [2.05, 4.69) is 36.5 Å². The van der Waals surface area contributed by atoms with Crippen LogP contribution in [0.3, 0.4) is 0 Å². The molecule has 0 aliphatic heterocycles. The summed E-state index contributed by atoms with van der Waals surface area (Å²) in [6.07, 6.45) is 20.3. The zero-order valence-electron chi connectivity index (χ0n) is 13.7. The molecular formula is C20H31N. The van der Waals surface area contributed by atoms with Crippen molar-refractivity contribution in [3.8, 4) is 12.5 Å². The number of nitrogens with one attached hydrogen (secondary N) is 1. The van der Waals surface area contributed by atoms with Crippen molar-refractivity contribution in [3.05, 3.63) is 29.8 Å². The van der Waals surface area contributed by atoms with Gasteiger partial charge in [-0.25, -0.2) is 0 Å². The van der Waals surface area contributed by atoms with E-state index in [1.807, 2.05) is 6.07 Å². The first-order valence-electron chi connectivity index (χ1n) is 8.67. The standard InChI is InChI=1S/C20H31N/c1-3-5-6-7-8-9-10-11-12-13-15-19-16-14-17-20(18-19)21-4-2/h2,14,16-18,21H,3,5-13,15H2,1H3. The average Bonchev–Trinajstić information content (AvgIpc) is 2.50. The van der Waals surface area contributed by atoms with E-state index in [1.165, 1.54) is 69.8 Å². The first kappa shape index (κ1) is 17.6. The van der Waals surface area contributed by atoms with Crippen molar-refractivity contribution in [2.45, 2.75) is 77.6 Å². The maximum absolute atomic E-state index is 5.26. The molecule has 1 nitrogen and oxygen atoms in total. The molecule has 0 unspecified atom stereocenters. The minimum Gasteiger partial charge on any atom is -0.315 e. The molecule has 0 atom stereocenters. The molecule has 0 aliphatic rings. The third-order valence-electron chi connectivity index (χ3n) is 3.96. The van der Waals surface area contributed by atoms with Gasteiger partial charge in [-0.05, 0) is 30.5 Å². The number of terminal acetylenes is 1. The number of hydrogen-bond donors (Lipinski definition) is 1. The SMILES string of the molecule is C#CNc1cccc(CCCCCCCCCCCC)c1. The highest BCUT2D eigenvalue weighted by molar-refractivity contribution is 5.49. The first-order valence-corrected chi connectivity index (χ1v) is 8.67. The summed E-state index contributed by atoms with van der Waals surface area (Å²) in [6.45, 7) is 2.28. The van der Waals surface area contributed by atoms with E-state index in [1.54, 1.807) is 0 Å². The second kappa shape index (κ2) is 12.3. The zero-order chi connectivity index (χ0) is 15.2. The van der Waals surface area contributed by atoms with Crippen LogP contribution in [-0.2, 0) is 6.42 Å². The molecule has 0 heterocycles. The van der Waals surface area contributed by atoms with Crippen molar-refractivity contribution in [2.75, 3.05) is 5.32 Å². The van der Waals surface area contributed by atoms with Gasteiger partial charge in [-0.1, -0.05) is 83.3 Å². The van der Waals surface area contributed by atoms with E-state index in [-0.39, 0.29) is 0 Å². The van der Waals surface area contributed by atoms with Crippen molar-refractivity contribution >= 4 is 5.69 Å². The molecule has 1 rings (SSSR count). The molecule has 0 aromatic heterocycles. The summed E-state index contributed by atoms with van der Waals surface area (Å²) in [7, 11) is 0. The van der Waals surface area contributed by atoms with Crippen LogP contribution < -0.4 is 5.32 Å². The molecule has 0 spiro atoms. The Balaban J connectivity index is 1.99. The minimum atomic E-state index is 1.03. The van der Waals surface area contributed by atoms with E-state index in [0.717, 1.165) is 12.1 Å². The van der Waals surface area contributed by atoms with Crippen molar-refractivity contribution in [2.24, 2.45) is 0 Å². The molecule has 21 heavy (non-hydrogen) atoms. The Labute approximate surface area is 131 Å². The maximum atomic E-state index is 5.26. The van der Waals surface area contributed by atoms with Gasteiger partial charge < -0.3 is 5.32 Å². The van der Waals surface area contributed by atoms with Gasteiger partial charge in [0.25, 0.3) is 0 Å². The van der Waals surface area contributed by atoms with Crippen LogP contribution in [0.25, 0.3) is 0 Å². The second-order valence-electron chi connectivity index (χ2n) is 5.90. The number of benzene rings is 1. The van der Waals surface area contributed by atoms with Crippen LogP contribution in [0.5, 0.6) is 0 Å². The summed E-state index contributed by atoms with van der Waals surface area (Å²) in [5.74, 6) is 0. The molecule has 0 radical (unpaired) electrons. The van der Waals surface area contributed by atoms with Crippen LogP contribution in [0.2, 0.25) is 0 Å². The number of unbranched alkanes of at least 4 members (excludes halogenated alkanes) is 9. The smallest absolute Gasteiger partial charge is 0.0461 e. The summed E-state index contributed by atoms with van der Waals surface area (Å²) in [4.78, 5) is 0. The predicted molar refractivity (Wildman–Crippen MR) is 94.4 cm³/mol. The van der Waals surface area contributed by atoms with Gasteiger partial charge in [0.15, 0.2) is 0 Å². The topological polar surface area (TPSA) is 12.0 Å². The molecule has 0 saturated carbocycles. The fraction of sp³-hybridized carbons (Fsp3) is 0.600. The molecule has 0 fully saturated rings. The summed E-state index contributed by atoms with van der Waals surface area (Å²) < 4.78 is 0. The first-order chi connectivity index (χ1) is 10.4. The molecule has 1 aromatic rings. The van der Waals surface area contributed by atoms with Gasteiger partial charge in [0.2, 0.25) is 0 Å². The van der Waals surface area contributed by atoms with E-state index >= 15 is 0 Å². The highest BCUT2D eigenvalue weighted by Gasteiger charge is 1.96. The zero-order valence-corrected chi connectivity index (χ0v) is 13.7. The van der Waals surface area contributed by atoms with E-state index in [0.29, 0.717) is 0 Å². The molecule has 1 aromatic carbocycles. The van der Waals surface area contributed by atoms with Crippen LogP contribution >= 0.6 is 0 Å². The molecule has 116 valence electrons. The van der Waals surface area contributed by atoms with Gasteiger partial charge in [-0.2, -0.15) is 0 Å². The number of aryl methyl sites for hydroxylation is 1. The maximum Gasteiger partial charge on any atom is 0.0461 e. The monoisotopic (exact) mass is 285 g/mol. The summed E-state index contributed by atoms with van der Waals surface area (Å²) in [5, 5.41) is 2.91. The van der Waals surface area contributed by atoms with Crippen molar-refractivity contribution in [1.82, 2.24) is 0 Å². The van der Waals surface area contributed by atoms with Crippen LogP contribution in [0, 0.1) is 12.5 Å². The van der Waals surface area contributed by atoms with Crippen LogP contribution in [0.15, 0.2) is 24.3 Å². The average molecular weight is 285 g/mol. The lowest BCUT2D eigenvalue weighted by Crippen LogP contribution is -1.91. The predicted octanol–water partition coefficient (Wildman–Crippen LogP) is 6.15. The Morgan fingerprint density at radius 1 is 0.905 bits per heavy atom. The number of rotatable bonds is 12.